The van der Waals surface area contributed by atoms with Gasteiger partial charge in [-0.2, -0.15) is 0 Å². The molecule has 0 aliphatic rings. The molecule has 1 aromatic carbocycles. The predicted octanol–water partition coefficient (Wildman–Crippen LogP) is 1.63. The Hall–Kier alpha value is -2.68. The van der Waals surface area contributed by atoms with E-state index in [-0.39, 0.29) is 29.3 Å². The number of anilines is 2. The number of carbonyl (C=O) groups is 1. The Morgan fingerprint density at radius 1 is 1.20 bits per heavy atom. The lowest BCUT2D eigenvalue weighted by Gasteiger charge is -2.18. The Kier molecular flexibility index (Phi) is 6.29. The summed E-state index contributed by atoms with van der Waals surface area (Å²) in [5.74, 6) is 1.87. The maximum atomic E-state index is 12.2. The van der Waals surface area contributed by atoms with Gasteiger partial charge in [-0.05, 0) is 25.1 Å². The van der Waals surface area contributed by atoms with Crippen LogP contribution in [-0.4, -0.2) is 35.8 Å². The van der Waals surface area contributed by atoms with Gasteiger partial charge in [0.2, 0.25) is 5.91 Å². The highest BCUT2D eigenvalue weighted by Crippen LogP contribution is 2.29. The fourth-order valence-corrected chi connectivity index (χ4v) is 2.88. The van der Waals surface area contributed by atoms with Crippen molar-refractivity contribution in [2.75, 3.05) is 31.4 Å². The first-order valence-corrected chi connectivity index (χ1v) is 8.45. The molecule has 0 radical (unpaired) electrons. The Labute approximate surface area is 150 Å². The monoisotopic (exact) mass is 363 g/mol. The lowest BCUT2D eigenvalue weighted by Crippen LogP contribution is -2.28. The Morgan fingerprint density at radius 2 is 1.88 bits per heavy atom. The molecule has 0 unspecified atom stereocenters. The number of carbonyl (C=O) groups excluding carboxylic acids is 1. The van der Waals surface area contributed by atoms with E-state index in [1.165, 1.54) is 6.07 Å². The average molecular weight is 363 g/mol. The number of nitrogen functional groups attached to an aromatic ring is 2. The van der Waals surface area contributed by atoms with Crippen molar-refractivity contribution >= 4 is 29.3 Å². The number of methoxy groups -OCH3 is 2. The van der Waals surface area contributed by atoms with Crippen molar-refractivity contribution in [3.05, 3.63) is 29.8 Å². The van der Waals surface area contributed by atoms with Gasteiger partial charge in [-0.3, -0.25) is 4.79 Å². The van der Waals surface area contributed by atoms with Crippen LogP contribution in [0.3, 0.4) is 0 Å². The average Bonchev–Trinajstić information content (AvgIpc) is 2.58. The highest BCUT2D eigenvalue weighted by Gasteiger charge is 2.16. The van der Waals surface area contributed by atoms with Gasteiger partial charge in [-0.1, -0.05) is 11.8 Å². The summed E-state index contributed by atoms with van der Waals surface area (Å²) >= 11 is 1.16. The lowest BCUT2D eigenvalue weighted by molar-refractivity contribution is -0.119. The van der Waals surface area contributed by atoms with Gasteiger partial charge in [-0.15, -0.1) is 0 Å². The quantitative estimate of drug-likeness (QED) is 0.500. The standard InChI is InChI=1S/C16H21N5O3S/c1-9(11-6-10(23-2)4-5-12(11)24-3)19-15(22)8-25-16-20-13(17)7-14(18)21-16/h4-7,9H,8H2,1-3H3,(H,19,22)(H4,17,18,20,21)/t9-/m0/s1. The molecule has 0 bridgehead atoms. The number of thioether (sulfide) groups is 1. The molecule has 5 N–H and O–H groups in total. The maximum Gasteiger partial charge on any atom is 0.230 e. The number of ether oxygens (including phenoxy) is 2. The number of amides is 1. The number of rotatable bonds is 7. The molecule has 2 rings (SSSR count). The Morgan fingerprint density at radius 3 is 2.48 bits per heavy atom. The van der Waals surface area contributed by atoms with Crippen LogP contribution in [0.15, 0.2) is 29.4 Å². The molecule has 0 saturated heterocycles. The van der Waals surface area contributed by atoms with Crippen LogP contribution in [0.5, 0.6) is 11.5 Å². The topological polar surface area (TPSA) is 125 Å². The van der Waals surface area contributed by atoms with E-state index in [0.717, 1.165) is 17.3 Å². The SMILES string of the molecule is COc1ccc(OC)c([C@H](C)NC(=O)CSc2nc(N)cc(N)n2)c1. The summed E-state index contributed by atoms with van der Waals surface area (Å²) in [7, 11) is 3.17. The largest absolute Gasteiger partial charge is 0.497 e. The number of nitrogens with zero attached hydrogens (tertiary/aromatic N) is 2. The van der Waals surface area contributed by atoms with E-state index in [0.29, 0.717) is 16.7 Å². The van der Waals surface area contributed by atoms with Gasteiger partial charge in [-0.25, -0.2) is 9.97 Å². The van der Waals surface area contributed by atoms with Gasteiger partial charge in [0.1, 0.15) is 23.1 Å². The molecule has 1 amide bonds. The number of benzene rings is 1. The van der Waals surface area contributed by atoms with Gasteiger partial charge in [0.25, 0.3) is 0 Å². The van der Waals surface area contributed by atoms with E-state index >= 15 is 0 Å². The zero-order chi connectivity index (χ0) is 18.4. The Bertz CT molecular complexity index is 736. The molecule has 0 fully saturated rings. The zero-order valence-electron chi connectivity index (χ0n) is 14.3. The minimum Gasteiger partial charge on any atom is -0.497 e. The molecule has 1 aromatic heterocycles. The number of hydrogen-bond acceptors (Lipinski definition) is 8. The van der Waals surface area contributed by atoms with Crippen molar-refractivity contribution in [3.63, 3.8) is 0 Å². The minimum absolute atomic E-state index is 0.138. The lowest BCUT2D eigenvalue weighted by atomic mass is 10.1. The van der Waals surface area contributed by atoms with Crippen molar-refractivity contribution < 1.29 is 14.3 Å². The highest BCUT2D eigenvalue weighted by molar-refractivity contribution is 7.99. The first-order valence-electron chi connectivity index (χ1n) is 7.47. The molecule has 0 aliphatic carbocycles. The summed E-state index contributed by atoms with van der Waals surface area (Å²) in [5.41, 5.74) is 12.0. The van der Waals surface area contributed by atoms with Crippen LogP contribution in [0.25, 0.3) is 0 Å². The first-order chi connectivity index (χ1) is 11.9. The van der Waals surface area contributed by atoms with E-state index in [9.17, 15) is 4.79 Å². The summed E-state index contributed by atoms with van der Waals surface area (Å²) in [5, 5.41) is 3.27. The maximum absolute atomic E-state index is 12.2. The fourth-order valence-electron chi connectivity index (χ4n) is 2.20. The number of nitrogens with one attached hydrogen (secondary N) is 1. The van der Waals surface area contributed by atoms with Crippen molar-refractivity contribution in [1.82, 2.24) is 15.3 Å². The summed E-state index contributed by atoms with van der Waals surface area (Å²) in [6, 6.07) is 6.63. The highest BCUT2D eigenvalue weighted by atomic mass is 32.2. The molecule has 1 atom stereocenters. The van der Waals surface area contributed by atoms with E-state index in [1.54, 1.807) is 26.4 Å². The van der Waals surface area contributed by atoms with Crippen LogP contribution < -0.4 is 26.3 Å². The van der Waals surface area contributed by atoms with E-state index in [1.807, 2.05) is 13.0 Å². The van der Waals surface area contributed by atoms with Crippen molar-refractivity contribution in [2.45, 2.75) is 18.1 Å². The molecule has 1 heterocycles. The molecule has 0 aliphatic heterocycles. The second-order valence-electron chi connectivity index (χ2n) is 5.19. The molecular weight excluding hydrogens is 342 g/mol. The third-order valence-corrected chi connectivity index (χ3v) is 4.21. The van der Waals surface area contributed by atoms with Crippen LogP contribution in [-0.2, 0) is 4.79 Å². The molecular formula is C16H21N5O3S. The Balaban J connectivity index is 2.00. The smallest absolute Gasteiger partial charge is 0.230 e. The molecule has 0 spiro atoms. The summed E-state index contributed by atoms with van der Waals surface area (Å²) in [6.07, 6.45) is 0. The van der Waals surface area contributed by atoms with Gasteiger partial charge >= 0.3 is 0 Å². The number of nitrogens with two attached hydrogens (primary N) is 2. The van der Waals surface area contributed by atoms with Crippen LogP contribution >= 0.6 is 11.8 Å². The molecule has 8 nitrogen and oxygen atoms in total. The van der Waals surface area contributed by atoms with E-state index in [2.05, 4.69) is 15.3 Å². The minimum atomic E-state index is -0.259. The van der Waals surface area contributed by atoms with Crippen molar-refractivity contribution in [2.24, 2.45) is 0 Å². The van der Waals surface area contributed by atoms with Gasteiger partial charge in [0.15, 0.2) is 5.16 Å². The van der Waals surface area contributed by atoms with Crippen LogP contribution in [0.1, 0.15) is 18.5 Å². The second kappa shape index (κ2) is 8.43. The normalized spacial score (nSPS) is 11.6. The summed E-state index contributed by atoms with van der Waals surface area (Å²) < 4.78 is 10.6. The van der Waals surface area contributed by atoms with E-state index in [4.69, 9.17) is 20.9 Å². The molecule has 134 valence electrons. The predicted molar refractivity (Wildman–Crippen MR) is 97.7 cm³/mol. The number of aromatic nitrogens is 2. The van der Waals surface area contributed by atoms with Crippen LogP contribution in [0.4, 0.5) is 11.6 Å². The van der Waals surface area contributed by atoms with Crippen molar-refractivity contribution in [3.8, 4) is 11.5 Å². The summed E-state index contributed by atoms with van der Waals surface area (Å²) in [4.78, 5) is 20.3. The third kappa shape index (κ3) is 5.15. The van der Waals surface area contributed by atoms with Crippen LogP contribution in [0, 0.1) is 0 Å². The fraction of sp³-hybridized carbons (Fsp3) is 0.312. The zero-order valence-corrected chi connectivity index (χ0v) is 15.1. The van der Waals surface area contributed by atoms with Gasteiger partial charge in [0, 0.05) is 11.6 Å². The molecule has 2 aromatic rings. The van der Waals surface area contributed by atoms with Crippen molar-refractivity contribution in [1.29, 1.82) is 0 Å². The van der Waals surface area contributed by atoms with Gasteiger partial charge < -0.3 is 26.3 Å². The number of hydrogen-bond donors (Lipinski definition) is 3. The third-order valence-electron chi connectivity index (χ3n) is 3.36. The molecule has 9 heteroatoms. The van der Waals surface area contributed by atoms with E-state index < -0.39 is 0 Å². The first kappa shape index (κ1) is 18.7. The second-order valence-corrected chi connectivity index (χ2v) is 6.13. The molecule has 25 heavy (non-hydrogen) atoms. The molecule has 0 saturated carbocycles. The summed E-state index contributed by atoms with van der Waals surface area (Å²) in [6.45, 7) is 1.87. The van der Waals surface area contributed by atoms with Crippen LogP contribution in [0.2, 0.25) is 0 Å². The van der Waals surface area contributed by atoms with Gasteiger partial charge in [0.05, 0.1) is 26.0 Å².